The molecule has 68 valence electrons. The topological polar surface area (TPSA) is 43.1 Å². The number of amides is 1. The SMILES string of the molecule is NC(=O)/C=C\c1cc(F)cc(I)c1. The molecule has 2 N–H and O–H groups in total. The molecule has 0 aliphatic heterocycles. The van der Waals surface area contributed by atoms with Crippen LogP contribution in [0.5, 0.6) is 0 Å². The Labute approximate surface area is 88.8 Å². The van der Waals surface area contributed by atoms with Gasteiger partial charge in [-0.05, 0) is 52.4 Å². The van der Waals surface area contributed by atoms with Crippen molar-refractivity contribution in [3.05, 3.63) is 39.2 Å². The fourth-order valence-corrected chi connectivity index (χ4v) is 1.51. The highest BCUT2D eigenvalue weighted by Gasteiger charge is 1.95. The third-order valence-corrected chi connectivity index (χ3v) is 1.95. The van der Waals surface area contributed by atoms with E-state index in [2.05, 4.69) is 0 Å². The van der Waals surface area contributed by atoms with E-state index in [1.54, 1.807) is 6.07 Å². The molecule has 0 aliphatic rings. The van der Waals surface area contributed by atoms with E-state index in [0.29, 0.717) is 5.56 Å². The van der Waals surface area contributed by atoms with Gasteiger partial charge < -0.3 is 5.73 Å². The number of hydrogen-bond donors (Lipinski definition) is 1. The van der Waals surface area contributed by atoms with Crippen LogP contribution in [-0.2, 0) is 4.79 Å². The molecule has 2 nitrogen and oxygen atoms in total. The second kappa shape index (κ2) is 4.36. The molecule has 0 radical (unpaired) electrons. The molecule has 0 saturated carbocycles. The second-order valence-corrected chi connectivity index (χ2v) is 3.68. The Kier molecular flexibility index (Phi) is 3.41. The van der Waals surface area contributed by atoms with E-state index in [9.17, 15) is 9.18 Å². The van der Waals surface area contributed by atoms with Crippen LogP contribution in [0.2, 0.25) is 0 Å². The molecule has 0 fully saturated rings. The van der Waals surface area contributed by atoms with Gasteiger partial charge in [-0.25, -0.2) is 4.39 Å². The van der Waals surface area contributed by atoms with Crippen molar-refractivity contribution in [3.63, 3.8) is 0 Å². The summed E-state index contributed by atoms with van der Waals surface area (Å²) in [7, 11) is 0. The molecule has 0 bridgehead atoms. The van der Waals surface area contributed by atoms with E-state index in [1.807, 2.05) is 22.6 Å². The fraction of sp³-hybridized carbons (Fsp3) is 0. The highest BCUT2D eigenvalue weighted by Crippen LogP contribution is 2.12. The molecule has 0 atom stereocenters. The van der Waals surface area contributed by atoms with Gasteiger partial charge in [-0.3, -0.25) is 4.79 Å². The molecular formula is C9H7FINO. The van der Waals surface area contributed by atoms with Gasteiger partial charge in [0, 0.05) is 9.65 Å². The highest BCUT2D eigenvalue weighted by atomic mass is 127. The Morgan fingerprint density at radius 3 is 2.69 bits per heavy atom. The Morgan fingerprint density at radius 1 is 1.46 bits per heavy atom. The highest BCUT2D eigenvalue weighted by molar-refractivity contribution is 14.1. The largest absolute Gasteiger partial charge is 0.366 e. The van der Waals surface area contributed by atoms with Crippen LogP contribution in [0.25, 0.3) is 6.08 Å². The van der Waals surface area contributed by atoms with Crippen LogP contribution in [0.3, 0.4) is 0 Å². The first-order chi connectivity index (χ1) is 6.08. The summed E-state index contributed by atoms with van der Waals surface area (Å²) >= 11 is 2.00. The van der Waals surface area contributed by atoms with E-state index < -0.39 is 5.91 Å². The van der Waals surface area contributed by atoms with Crippen LogP contribution in [0.1, 0.15) is 5.56 Å². The minimum absolute atomic E-state index is 0.323. The molecule has 0 heterocycles. The first-order valence-corrected chi connectivity index (χ1v) is 4.59. The van der Waals surface area contributed by atoms with Crippen LogP contribution in [0, 0.1) is 9.39 Å². The van der Waals surface area contributed by atoms with Crippen LogP contribution in [0.15, 0.2) is 24.3 Å². The van der Waals surface area contributed by atoms with Crippen LogP contribution in [0.4, 0.5) is 4.39 Å². The lowest BCUT2D eigenvalue weighted by Crippen LogP contribution is -2.05. The van der Waals surface area contributed by atoms with Crippen molar-refractivity contribution >= 4 is 34.6 Å². The van der Waals surface area contributed by atoms with E-state index in [0.717, 1.165) is 3.57 Å². The molecule has 1 aromatic carbocycles. The first kappa shape index (κ1) is 10.2. The quantitative estimate of drug-likeness (QED) is 0.656. The van der Waals surface area contributed by atoms with Gasteiger partial charge in [-0.1, -0.05) is 0 Å². The summed E-state index contributed by atoms with van der Waals surface area (Å²) in [4.78, 5) is 10.4. The van der Waals surface area contributed by atoms with Gasteiger partial charge in [0.05, 0.1) is 0 Å². The monoisotopic (exact) mass is 291 g/mol. The van der Waals surface area contributed by atoms with Gasteiger partial charge >= 0.3 is 0 Å². The molecule has 1 rings (SSSR count). The number of primary amides is 1. The first-order valence-electron chi connectivity index (χ1n) is 3.51. The average molecular weight is 291 g/mol. The van der Waals surface area contributed by atoms with Crippen molar-refractivity contribution in [1.82, 2.24) is 0 Å². The maximum Gasteiger partial charge on any atom is 0.241 e. The van der Waals surface area contributed by atoms with E-state index in [4.69, 9.17) is 5.73 Å². The minimum Gasteiger partial charge on any atom is -0.366 e. The Hall–Kier alpha value is -0.910. The van der Waals surface area contributed by atoms with Gasteiger partial charge in [-0.15, -0.1) is 0 Å². The molecule has 0 unspecified atom stereocenters. The number of halogens is 2. The molecule has 1 amide bonds. The van der Waals surface area contributed by atoms with Crippen molar-refractivity contribution in [1.29, 1.82) is 0 Å². The van der Waals surface area contributed by atoms with Crippen molar-refractivity contribution in [2.75, 3.05) is 0 Å². The predicted octanol–water partition coefficient (Wildman–Crippen LogP) is 1.93. The third-order valence-electron chi connectivity index (χ3n) is 1.32. The van der Waals surface area contributed by atoms with E-state index in [-0.39, 0.29) is 5.82 Å². The molecular weight excluding hydrogens is 284 g/mol. The Bertz CT molecular complexity index is 342. The standard InChI is InChI=1S/C9H7FINO/c10-7-3-6(1-2-9(12)13)4-8(11)5-7/h1-5H,(H2,12,13)/b2-1-. The van der Waals surface area contributed by atoms with Gasteiger partial charge in [0.1, 0.15) is 5.82 Å². The van der Waals surface area contributed by atoms with Crippen molar-refractivity contribution in [2.45, 2.75) is 0 Å². The molecule has 1 aromatic rings. The summed E-state index contributed by atoms with van der Waals surface area (Å²) in [5.74, 6) is -0.865. The number of nitrogens with two attached hydrogens (primary N) is 1. The van der Waals surface area contributed by atoms with E-state index >= 15 is 0 Å². The molecule has 0 aromatic heterocycles. The maximum absolute atomic E-state index is 12.8. The lowest BCUT2D eigenvalue weighted by atomic mass is 10.2. The summed E-state index contributed by atoms with van der Waals surface area (Å²) in [6.07, 6.45) is 2.68. The second-order valence-electron chi connectivity index (χ2n) is 2.44. The number of carbonyl (C=O) groups is 1. The van der Waals surface area contributed by atoms with Gasteiger partial charge in [0.15, 0.2) is 0 Å². The molecule has 0 saturated heterocycles. The van der Waals surface area contributed by atoms with Gasteiger partial charge in [0.25, 0.3) is 0 Å². The summed E-state index contributed by atoms with van der Waals surface area (Å²) in [5, 5.41) is 0. The van der Waals surface area contributed by atoms with Gasteiger partial charge in [0.2, 0.25) is 5.91 Å². The molecule has 0 aliphatic carbocycles. The van der Waals surface area contributed by atoms with Gasteiger partial charge in [-0.2, -0.15) is 0 Å². The molecule has 13 heavy (non-hydrogen) atoms. The van der Waals surface area contributed by atoms with Crippen LogP contribution >= 0.6 is 22.6 Å². The smallest absolute Gasteiger partial charge is 0.241 e. The van der Waals surface area contributed by atoms with Crippen molar-refractivity contribution in [2.24, 2.45) is 5.73 Å². The van der Waals surface area contributed by atoms with Crippen LogP contribution < -0.4 is 5.73 Å². The number of benzene rings is 1. The summed E-state index contributed by atoms with van der Waals surface area (Å²) < 4.78 is 13.6. The summed E-state index contributed by atoms with van der Waals surface area (Å²) in [6, 6.07) is 4.49. The zero-order valence-electron chi connectivity index (χ0n) is 6.63. The Morgan fingerprint density at radius 2 is 2.15 bits per heavy atom. The zero-order chi connectivity index (χ0) is 9.84. The Balaban J connectivity index is 2.95. The number of carbonyl (C=O) groups excluding carboxylic acids is 1. The predicted molar refractivity (Wildman–Crippen MR) is 57.3 cm³/mol. The zero-order valence-corrected chi connectivity index (χ0v) is 8.79. The minimum atomic E-state index is -0.542. The molecule has 0 spiro atoms. The summed E-state index contributed by atoms with van der Waals surface area (Å²) in [6.45, 7) is 0. The van der Waals surface area contributed by atoms with Crippen LogP contribution in [-0.4, -0.2) is 5.91 Å². The lowest BCUT2D eigenvalue weighted by Gasteiger charge is -1.95. The third kappa shape index (κ3) is 3.54. The van der Waals surface area contributed by atoms with Crippen molar-refractivity contribution < 1.29 is 9.18 Å². The maximum atomic E-state index is 12.8. The molecule has 4 heteroatoms. The van der Waals surface area contributed by atoms with Crippen molar-refractivity contribution in [3.8, 4) is 0 Å². The van der Waals surface area contributed by atoms with E-state index in [1.165, 1.54) is 24.3 Å². The number of hydrogen-bond acceptors (Lipinski definition) is 1. The lowest BCUT2D eigenvalue weighted by molar-refractivity contribution is -0.113. The average Bonchev–Trinajstić information content (AvgIpc) is 1.99. The summed E-state index contributed by atoms with van der Waals surface area (Å²) in [5.41, 5.74) is 5.52. The normalized spacial score (nSPS) is 10.6. The fourth-order valence-electron chi connectivity index (χ4n) is 0.850. The number of rotatable bonds is 2.